The second-order valence-corrected chi connectivity index (χ2v) is 7.41. The lowest BCUT2D eigenvalue weighted by molar-refractivity contribution is -0.140. The van der Waals surface area contributed by atoms with Crippen LogP contribution in [-0.4, -0.2) is 35.6 Å². The number of nitrogens with one attached hydrogen (secondary N) is 1. The molecule has 2 aliphatic rings. The number of hydrogen-bond acceptors (Lipinski definition) is 3. The minimum absolute atomic E-state index is 0.0473. The highest BCUT2D eigenvalue weighted by molar-refractivity contribution is 9.10. The summed E-state index contributed by atoms with van der Waals surface area (Å²) in [5, 5.41) is 1.64. The third-order valence-corrected chi connectivity index (χ3v) is 6.65. The maximum absolute atomic E-state index is 12.6. The Morgan fingerprint density at radius 3 is 2.28 bits per heavy atom. The topological polar surface area (TPSA) is 49.4 Å². The van der Waals surface area contributed by atoms with E-state index in [1.54, 1.807) is 19.1 Å². The summed E-state index contributed by atoms with van der Waals surface area (Å²) in [4.78, 5) is 24.7. The molecule has 0 saturated heterocycles. The van der Waals surface area contributed by atoms with Crippen LogP contribution in [-0.2, 0) is 9.59 Å². The third-order valence-electron chi connectivity index (χ3n) is 5.45. The third kappa shape index (κ3) is 1.29. The fourth-order valence-electron chi connectivity index (χ4n) is 3.76. The van der Waals surface area contributed by atoms with Gasteiger partial charge in [0.2, 0.25) is 5.91 Å². The fraction of sp³-hybridized carbons (Fsp3) is 0.846. The van der Waals surface area contributed by atoms with Gasteiger partial charge in [0.05, 0.1) is 10.2 Å². The molecular weight excluding hydrogens is 296 g/mol. The first-order valence-electron chi connectivity index (χ1n) is 6.28. The van der Waals surface area contributed by atoms with Crippen molar-refractivity contribution in [2.24, 2.45) is 16.2 Å². The van der Waals surface area contributed by atoms with Crippen LogP contribution in [0.4, 0.5) is 0 Å². The molecule has 1 N–H and O–H groups in total. The second-order valence-electron chi connectivity index (χ2n) is 6.49. The number of halogens is 1. The summed E-state index contributed by atoms with van der Waals surface area (Å²) in [7, 11) is 3.57. The van der Waals surface area contributed by atoms with E-state index in [2.05, 4.69) is 35.2 Å². The number of alkyl halides is 1. The van der Waals surface area contributed by atoms with Crippen LogP contribution in [0.1, 0.15) is 33.6 Å². The van der Waals surface area contributed by atoms with E-state index in [-0.39, 0.29) is 21.9 Å². The molecule has 2 aliphatic carbocycles. The van der Waals surface area contributed by atoms with Gasteiger partial charge in [-0.1, -0.05) is 36.7 Å². The molecular formula is C13H21BrN2O2. The predicted molar refractivity (Wildman–Crippen MR) is 73.1 cm³/mol. The molecule has 2 fully saturated rings. The van der Waals surface area contributed by atoms with Crippen molar-refractivity contribution in [3.63, 3.8) is 0 Å². The molecule has 0 aromatic carbocycles. The number of hydrogen-bond donors (Lipinski definition) is 1. The van der Waals surface area contributed by atoms with Crippen LogP contribution in [0, 0.1) is 16.2 Å². The summed E-state index contributed by atoms with van der Waals surface area (Å²) in [5.41, 5.74) is 1.48. The summed E-state index contributed by atoms with van der Waals surface area (Å²) in [6.07, 6.45) is 1.56. The summed E-state index contributed by atoms with van der Waals surface area (Å²) in [5.74, 6) is 0.126. The molecule has 0 spiro atoms. The molecule has 18 heavy (non-hydrogen) atoms. The first kappa shape index (κ1) is 14.0. The molecule has 2 saturated carbocycles. The molecule has 3 unspecified atom stereocenters. The number of ketones is 1. The van der Waals surface area contributed by atoms with Crippen LogP contribution in [0.5, 0.6) is 0 Å². The molecule has 2 bridgehead atoms. The lowest BCUT2D eigenvalue weighted by Gasteiger charge is -2.40. The Labute approximate surface area is 117 Å². The smallest absolute Gasteiger partial charge is 0.242 e. The van der Waals surface area contributed by atoms with Gasteiger partial charge in [-0.25, -0.2) is 5.01 Å². The van der Waals surface area contributed by atoms with Gasteiger partial charge in [-0.2, -0.15) is 0 Å². The minimum Gasteiger partial charge on any atom is -0.298 e. The summed E-state index contributed by atoms with van der Waals surface area (Å²) in [6.45, 7) is 6.10. The van der Waals surface area contributed by atoms with Crippen molar-refractivity contribution in [1.29, 1.82) is 0 Å². The highest BCUT2D eigenvalue weighted by atomic mass is 79.9. The van der Waals surface area contributed by atoms with Crippen LogP contribution in [0.2, 0.25) is 0 Å². The average molecular weight is 317 g/mol. The SMILES string of the molecule is CN(C)NC(=O)C12CCC(C)(C(=O)C1Br)C2(C)C. The van der Waals surface area contributed by atoms with Gasteiger partial charge < -0.3 is 0 Å². The van der Waals surface area contributed by atoms with Gasteiger partial charge in [0, 0.05) is 19.5 Å². The molecule has 0 aromatic heterocycles. The van der Waals surface area contributed by atoms with Gasteiger partial charge >= 0.3 is 0 Å². The molecule has 102 valence electrons. The molecule has 0 radical (unpaired) electrons. The molecule has 4 nitrogen and oxygen atoms in total. The van der Waals surface area contributed by atoms with Crippen molar-refractivity contribution in [2.45, 2.75) is 38.4 Å². The molecule has 3 atom stereocenters. The summed E-state index contributed by atoms with van der Waals surface area (Å²) < 4.78 is 0. The standard InChI is InChI=1S/C13H21BrN2O2/c1-11(2)12(3)6-7-13(11,8(14)9(12)17)10(18)15-16(4)5/h8H,6-7H2,1-5H3,(H,15,18). The van der Waals surface area contributed by atoms with Gasteiger partial charge in [0.15, 0.2) is 5.78 Å². The molecule has 5 heteroatoms. The fourth-order valence-corrected chi connectivity index (χ4v) is 5.27. The van der Waals surface area contributed by atoms with Crippen molar-refractivity contribution < 1.29 is 9.59 Å². The maximum Gasteiger partial charge on any atom is 0.242 e. The van der Waals surface area contributed by atoms with E-state index in [1.165, 1.54) is 0 Å². The zero-order valence-corrected chi connectivity index (χ0v) is 13.2. The van der Waals surface area contributed by atoms with Gasteiger partial charge in [0.25, 0.3) is 0 Å². The highest BCUT2D eigenvalue weighted by Gasteiger charge is 2.76. The van der Waals surface area contributed by atoms with Crippen molar-refractivity contribution in [3.8, 4) is 0 Å². The van der Waals surface area contributed by atoms with Crippen molar-refractivity contribution in [1.82, 2.24) is 10.4 Å². The number of hydrazine groups is 1. The van der Waals surface area contributed by atoms with Crippen LogP contribution in [0.3, 0.4) is 0 Å². The normalized spacial score (nSPS) is 41.5. The first-order chi connectivity index (χ1) is 8.11. The quantitative estimate of drug-likeness (QED) is 0.623. The predicted octanol–water partition coefficient (Wildman–Crippen LogP) is 1.74. The first-order valence-corrected chi connectivity index (χ1v) is 7.19. The van der Waals surface area contributed by atoms with Crippen LogP contribution < -0.4 is 5.43 Å². The van der Waals surface area contributed by atoms with E-state index in [0.717, 1.165) is 12.8 Å². The Balaban J connectivity index is 2.49. The molecule has 2 rings (SSSR count). The van der Waals surface area contributed by atoms with Crippen LogP contribution in [0.15, 0.2) is 0 Å². The lowest BCUT2D eigenvalue weighted by Crippen LogP contribution is -2.53. The van der Waals surface area contributed by atoms with Gasteiger partial charge in [-0.05, 0) is 18.3 Å². The van der Waals surface area contributed by atoms with Gasteiger partial charge in [-0.3, -0.25) is 15.0 Å². The zero-order chi connectivity index (χ0) is 13.9. The van der Waals surface area contributed by atoms with Crippen molar-refractivity contribution in [3.05, 3.63) is 0 Å². The van der Waals surface area contributed by atoms with Crippen LogP contribution >= 0.6 is 15.9 Å². The van der Waals surface area contributed by atoms with E-state index >= 15 is 0 Å². The van der Waals surface area contributed by atoms with E-state index in [4.69, 9.17) is 0 Å². The Morgan fingerprint density at radius 2 is 1.89 bits per heavy atom. The Morgan fingerprint density at radius 1 is 1.33 bits per heavy atom. The number of carbonyl (C=O) groups is 2. The van der Waals surface area contributed by atoms with Crippen molar-refractivity contribution >= 4 is 27.6 Å². The average Bonchev–Trinajstić information content (AvgIpc) is 2.51. The zero-order valence-electron chi connectivity index (χ0n) is 11.6. The Hall–Kier alpha value is -0.420. The van der Waals surface area contributed by atoms with E-state index in [0.29, 0.717) is 0 Å². The van der Waals surface area contributed by atoms with E-state index in [1.807, 2.05) is 6.92 Å². The number of nitrogens with zero attached hydrogens (tertiary/aromatic N) is 1. The highest BCUT2D eigenvalue weighted by Crippen LogP contribution is 2.72. The number of rotatable bonds is 2. The lowest BCUT2D eigenvalue weighted by atomic mass is 9.64. The molecule has 1 amide bonds. The number of Topliss-reactive ketones (excluding diaryl/α,β-unsaturated/α-hetero) is 1. The summed E-state index contributed by atoms with van der Waals surface area (Å²) >= 11 is 3.49. The van der Waals surface area contributed by atoms with E-state index < -0.39 is 10.8 Å². The van der Waals surface area contributed by atoms with Gasteiger partial charge in [0.1, 0.15) is 0 Å². The maximum atomic E-state index is 12.6. The number of carbonyl (C=O) groups excluding carboxylic acids is 2. The Bertz CT molecular complexity index is 421. The monoisotopic (exact) mass is 316 g/mol. The molecule has 0 heterocycles. The molecule has 0 aliphatic heterocycles. The van der Waals surface area contributed by atoms with Gasteiger partial charge in [-0.15, -0.1) is 0 Å². The molecule has 0 aromatic rings. The number of fused-ring (bicyclic) bond motifs is 2. The van der Waals surface area contributed by atoms with Crippen molar-refractivity contribution in [2.75, 3.05) is 14.1 Å². The number of amides is 1. The minimum atomic E-state index is -0.636. The second kappa shape index (κ2) is 3.79. The Kier molecular flexibility index (Phi) is 2.95. The summed E-state index contributed by atoms with van der Waals surface area (Å²) in [6, 6.07) is 0. The van der Waals surface area contributed by atoms with Crippen LogP contribution in [0.25, 0.3) is 0 Å². The van der Waals surface area contributed by atoms with E-state index in [9.17, 15) is 9.59 Å². The largest absolute Gasteiger partial charge is 0.298 e.